The number of hydrogen-bond donors (Lipinski definition) is 1. The standard InChI is InChI=1S/C14H19N3O2S2/c18-12(6-7-17-8-9-20-14(17)19)16-13-15-10-4-2-1-3-5-11(10)21-13/h1-9H2,(H,15,16,18). The van der Waals surface area contributed by atoms with Crippen LogP contribution < -0.4 is 5.32 Å². The second-order valence-corrected chi connectivity index (χ2v) is 7.48. The lowest BCUT2D eigenvalue weighted by Crippen LogP contribution is -2.27. The maximum Gasteiger partial charge on any atom is 0.281 e. The van der Waals surface area contributed by atoms with Gasteiger partial charge < -0.3 is 10.2 Å². The predicted octanol–water partition coefficient (Wildman–Crippen LogP) is 2.91. The maximum atomic E-state index is 12.0. The molecular formula is C14H19N3O2S2. The highest BCUT2D eigenvalue weighted by atomic mass is 32.2. The van der Waals surface area contributed by atoms with Gasteiger partial charge in [0.1, 0.15) is 0 Å². The number of thioether (sulfide) groups is 1. The number of fused-ring (bicyclic) bond motifs is 1. The summed E-state index contributed by atoms with van der Waals surface area (Å²) in [7, 11) is 0. The van der Waals surface area contributed by atoms with Crippen LogP contribution in [-0.2, 0) is 17.6 Å². The number of aryl methyl sites for hydroxylation is 2. The highest BCUT2D eigenvalue weighted by molar-refractivity contribution is 8.13. The van der Waals surface area contributed by atoms with Crippen molar-refractivity contribution >= 4 is 39.4 Å². The van der Waals surface area contributed by atoms with Gasteiger partial charge in [-0.2, -0.15) is 0 Å². The van der Waals surface area contributed by atoms with Gasteiger partial charge in [0.05, 0.1) is 5.69 Å². The molecule has 0 atom stereocenters. The fourth-order valence-electron chi connectivity index (χ4n) is 2.63. The monoisotopic (exact) mass is 325 g/mol. The fourth-order valence-corrected chi connectivity index (χ4v) is 4.55. The molecule has 1 saturated heterocycles. The van der Waals surface area contributed by atoms with Gasteiger partial charge in [-0.05, 0) is 25.7 Å². The molecule has 2 aliphatic rings. The molecule has 0 aromatic carbocycles. The van der Waals surface area contributed by atoms with Gasteiger partial charge in [-0.25, -0.2) is 4.98 Å². The summed E-state index contributed by atoms with van der Waals surface area (Å²) < 4.78 is 0. The summed E-state index contributed by atoms with van der Waals surface area (Å²) in [5.41, 5.74) is 1.17. The van der Waals surface area contributed by atoms with Gasteiger partial charge in [0.15, 0.2) is 5.13 Å². The molecule has 1 aromatic heterocycles. The van der Waals surface area contributed by atoms with Gasteiger partial charge in [0.2, 0.25) is 5.91 Å². The third-order valence-corrected chi connectivity index (χ3v) is 5.76. The van der Waals surface area contributed by atoms with E-state index >= 15 is 0 Å². The van der Waals surface area contributed by atoms with Crippen molar-refractivity contribution in [2.75, 3.05) is 24.2 Å². The summed E-state index contributed by atoms with van der Waals surface area (Å²) in [5, 5.41) is 3.69. The van der Waals surface area contributed by atoms with Crippen LogP contribution in [0.4, 0.5) is 9.93 Å². The molecule has 1 N–H and O–H groups in total. The number of carbonyl (C=O) groups excluding carboxylic acids is 2. The first-order chi connectivity index (χ1) is 10.2. The Morgan fingerprint density at radius 3 is 2.95 bits per heavy atom. The number of anilines is 1. The lowest BCUT2D eigenvalue weighted by molar-refractivity contribution is -0.116. The molecule has 21 heavy (non-hydrogen) atoms. The van der Waals surface area contributed by atoms with E-state index in [1.165, 1.54) is 41.6 Å². The molecular weight excluding hydrogens is 306 g/mol. The lowest BCUT2D eigenvalue weighted by Gasteiger charge is -2.13. The second-order valence-electron chi connectivity index (χ2n) is 5.35. The molecule has 2 amide bonds. The molecule has 1 aliphatic heterocycles. The van der Waals surface area contributed by atoms with E-state index in [-0.39, 0.29) is 11.1 Å². The number of nitrogens with zero attached hydrogens (tertiary/aromatic N) is 2. The minimum absolute atomic E-state index is 0.0522. The van der Waals surface area contributed by atoms with Crippen molar-refractivity contribution in [1.29, 1.82) is 0 Å². The first-order valence-electron chi connectivity index (χ1n) is 7.42. The van der Waals surface area contributed by atoms with Crippen LogP contribution in [0.2, 0.25) is 0 Å². The quantitative estimate of drug-likeness (QED) is 0.865. The minimum atomic E-state index is -0.0522. The van der Waals surface area contributed by atoms with E-state index in [9.17, 15) is 9.59 Å². The van der Waals surface area contributed by atoms with Crippen LogP contribution in [-0.4, -0.2) is 39.9 Å². The van der Waals surface area contributed by atoms with Crippen molar-refractivity contribution in [3.05, 3.63) is 10.6 Å². The summed E-state index contributed by atoms with van der Waals surface area (Å²) >= 11 is 2.93. The normalized spacial score (nSPS) is 18.5. The van der Waals surface area contributed by atoms with E-state index < -0.39 is 0 Å². The van der Waals surface area contributed by atoms with Crippen LogP contribution in [0, 0.1) is 0 Å². The topological polar surface area (TPSA) is 62.3 Å². The molecule has 1 fully saturated rings. The van der Waals surface area contributed by atoms with Crippen LogP contribution in [0.15, 0.2) is 0 Å². The Labute approximate surface area is 132 Å². The van der Waals surface area contributed by atoms with E-state index in [0.29, 0.717) is 18.1 Å². The van der Waals surface area contributed by atoms with Crippen LogP contribution in [0.1, 0.15) is 36.3 Å². The van der Waals surface area contributed by atoms with Gasteiger partial charge in [0.25, 0.3) is 5.24 Å². The molecule has 2 heterocycles. The largest absolute Gasteiger partial charge is 0.332 e. The first-order valence-corrected chi connectivity index (χ1v) is 9.23. The van der Waals surface area contributed by atoms with Crippen molar-refractivity contribution < 1.29 is 9.59 Å². The second kappa shape index (κ2) is 6.79. The maximum absolute atomic E-state index is 12.0. The van der Waals surface area contributed by atoms with Crippen molar-refractivity contribution in [2.24, 2.45) is 0 Å². The SMILES string of the molecule is O=C(CCN1CCSC1=O)Nc1nc2c(s1)CCCCC2. The summed E-state index contributed by atoms with van der Waals surface area (Å²) in [6, 6.07) is 0. The van der Waals surface area contributed by atoms with Crippen LogP contribution >= 0.6 is 23.1 Å². The molecule has 0 radical (unpaired) electrons. The molecule has 0 saturated carbocycles. The molecule has 3 rings (SSSR count). The van der Waals surface area contributed by atoms with Gasteiger partial charge in [-0.1, -0.05) is 18.2 Å². The Morgan fingerprint density at radius 2 is 2.14 bits per heavy atom. The number of hydrogen-bond acceptors (Lipinski definition) is 5. The van der Waals surface area contributed by atoms with E-state index in [1.807, 2.05) is 0 Å². The predicted molar refractivity (Wildman–Crippen MR) is 86.0 cm³/mol. The van der Waals surface area contributed by atoms with Gasteiger partial charge in [0, 0.05) is 30.1 Å². The van der Waals surface area contributed by atoms with Crippen LogP contribution in [0.3, 0.4) is 0 Å². The smallest absolute Gasteiger partial charge is 0.281 e. The Bertz CT molecular complexity index is 521. The Balaban J connectivity index is 1.51. The summed E-state index contributed by atoms with van der Waals surface area (Å²) in [6.07, 6.45) is 6.14. The van der Waals surface area contributed by atoms with Gasteiger partial charge >= 0.3 is 0 Å². The summed E-state index contributed by atoms with van der Waals surface area (Å²) in [6.45, 7) is 1.26. The molecule has 1 aliphatic carbocycles. The number of thiazole rings is 1. The molecule has 0 unspecified atom stereocenters. The lowest BCUT2D eigenvalue weighted by atomic mass is 10.2. The van der Waals surface area contributed by atoms with Crippen LogP contribution in [0.5, 0.6) is 0 Å². The zero-order chi connectivity index (χ0) is 14.7. The number of carbonyl (C=O) groups is 2. The zero-order valence-electron chi connectivity index (χ0n) is 11.9. The molecule has 5 nitrogen and oxygen atoms in total. The molecule has 0 spiro atoms. The fraction of sp³-hybridized carbons (Fsp3) is 0.643. The van der Waals surface area contributed by atoms with E-state index in [1.54, 1.807) is 16.2 Å². The van der Waals surface area contributed by atoms with Gasteiger partial charge in [-0.3, -0.25) is 9.59 Å². The van der Waals surface area contributed by atoms with Crippen molar-refractivity contribution in [2.45, 2.75) is 38.5 Å². The average molecular weight is 325 g/mol. The third kappa shape index (κ3) is 3.77. The van der Waals surface area contributed by atoms with E-state index in [2.05, 4.69) is 10.3 Å². The van der Waals surface area contributed by atoms with Crippen molar-refractivity contribution in [3.8, 4) is 0 Å². The molecule has 7 heteroatoms. The highest BCUT2D eigenvalue weighted by Crippen LogP contribution is 2.29. The Morgan fingerprint density at radius 1 is 1.29 bits per heavy atom. The number of aromatic nitrogens is 1. The van der Waals surface area contributed by atoms with Gasteiger partial charge in [-0.15, -0.1) is 11.3 Å². The highest BCUT2D eigenvalue weighted by Gasteiger charge is 2.22. The number of amides is 2. The number of rotatable bonds is 4. The first kappa shape index (κ1) is 14.8. The van der Waals surface area contributed by atoms with E-state index in [0.717, 1.165) is 25.1 Å². The summed E-state index contributed by atoms with van der Waals surface area (Å²) in [4.78, 5) is 31.0. The summed E-state index contributed by atoms with van der Waals surface area (Å²) in [5.74, 6) is 0.781. The minimum Gasteiger partial charge on any atom is -0.332 e. The zero-order valence-corrected chi connectivity index (χ0v) is 13.5. The molecule has 1 aromatic rings. The Hall–Kier alpha value is -1.08. The molecule has 114 valence electrons. The Kier molecular flexibility index (Phi) is 4.80. The average Bonchev–Trinajstić information content (AvgIpc) is 2.97. The van der Waals surface area contributed by atoms with Crippen LogP contribution in [0.25, 0.3) is 0 Å². The van der Waals surface area contributed by atoms with E-state index in [4.69, 9.17) is 0 Å². The van der Waals surface area contributed by atoms with Crippen molar-refractivity contribution in [1.82, 2.24) is 9.88 Å². The number of nitrogens with one attached hydrogen (secondary N) is 1. The third-order valence-electron chi connectivity index (χ3n) is 3.80. The molecule has 0 bridgehead atoms. The van der Waals surface area contributed by atoms with Crippen molar-refractivity contribution in [3.63, 3.8) is 0 Å².